The highest BCUT2D eigenvalue weighted by Gasteiger charge is 2.32. The average molecular weight is 335 g/mol. The van der Waals surface area contributed by atoms with Gasteiger partial charge in [-0.05, 0) is 11.1 Å². The lowest BCUT2D eigenvalue weighted by molar-refractivity contribution is -0.122. The van der Waals surface area contributed by atoms with Crippen molar-refractivity contribution in [2.24, 2.45) is 0 Å². The van der Waals surface area contributed by atoms with Crippen LogP contribution in [0.25, 0.3) is 0 Å². The second kappa shape index (κ2) is 7.38. The number of piperazine rings is 3. The van der Waals surface area contributed by atoms with Crippen LogP contribution >= 0.6 is 0 Å². The van der Waals surface area contributed by atoms with Gasteiger partial charge in [0.15, 0.2) is 0 Å². The molecule has 0 spiro atoms. The normalized spacial score (nSPS) is 25.1. The minimum absolute atomic E-state index is 0.0926. The van der Waals surface area contributed by atoms with E-state index in [0.29, 0.717) is 6.04 Å². The average Bonchev–Trinajstić information content (AvgIpc) is 2.69. The van der Waals surface area contributed by atoms with Crippen LogP contribution in [0.4, 0.5) is 0 Å². The number of nitrogens with one attached hydrogen (secondary N) is 1. The lowest BCUT2D eigenvalue weighted by atomic mass is 9.90. The number of hydrogen-bond acceptors (Lipinski definition) is 3. The Kier molecular flexibility index (Phi) is 4.81. The molecule has 2 aromatic rings. The summed E-state index contributed by atoms with van der Waals surface area (Å²) in [6.45, 7) is 6.39. The number of amides is 1. The minimum atomic E-state index is -0.251. The Morgan fingerprint density at radius 2 is 1.48 bits per heavy atom. The summed E-state index contributed by atoms with van der Waals surface area (Å²) < 4.78 is 0. The van der Waals surface area contributed by atoms with Crippen LogP contribution in [0.2, 0.25) is 0 Å². The molecule has 1 N–H and O–H groups in total. The maximum Gasteiger partial charge on any atom is 0.232 e. The van der Waals surface area contributed by atoms with Gasteiger partial charge >= 0.3 is 0 Å². The summed E-state index contributed by atoms with van der Waals surface area (Å²) >= 11 is 0. The number of carbonyl (C=O) groups is 1. The predicted octanol–water partition coefficient (Wildman–Crippen LogP) is 1.93. The van der Waals surface area contributed by atoms with E-state index < -0.39 is 0 Å². The van der Waals surface area contributed by atoms with Gasteiger partial charge in [0.2, 0.25) is 5.91 Å². The molecule has 3 saturated heterocycles. The molecule has 0 aliphatic carbocycles. The first-order valence-electron chi connectivity index (χ1n) is 9.15. The molecule has 5 rings (SSSR count). The zero-order chi connectivity index (χ0) is 17.1. The molecular formula is C21H25N3O. The van der Waals surface area contributed by atoms with E-state index in [0.717, 1.165) is 37.3 Å². The molecule has 4 nitrogen and oxygen atoms in total. The Morgan fingerprint density at radius 3 is 1.96 bits per heavy atom. The van der Waals surface area contributed by atoms with Gasteiger partial charge in [0.25, 0.3) is 0 Å². The summed E-state index contributed by atoms with van der Waals surface area (Å²) in [7, 11) is 0. The van der Waals surface area contributed by atoms with Crippen LogP contribution in [0.15, 0.2) is 60.7 Å². The fourth-order valence-electron chi connectivity index (χ4n) is 4.02. The second-order valence-electron chi connectivity index (χ2n) is 6.99. The molecule has 0 aromatic heterocycles. The third kappa shape index (κ3) is 3.60. The summed E-state index contributed by atoms with van der Waals surface area (Å²) in [5.41, 5.74) is 2.08. The molecule has 2 aromatic carbocycles. The highest BCUT2D eigenvalue weighted by atomic mass is 16.1. The van der Waals surface area contributed by atoms with Crippen molar-refractivity contribution in [2.45, 2.75) is 12.0 Å². The van der Waals surface area contributed by atoms with E-state index in [1.165, 1.54) is 13.1 Å². The first-order chi connectivity index (χ1) is 12.3. The highest BCUT2D eigenvalue weighted by Crippen LogP contribution is 2.25. The van der Waals surface area contributed by atoms with Crippen molar-refractivity contribution in [1.29, 1.82) is 0 Å². The smallest absolute Gasteiger partial charge is 0.232 e. The van der Waals surface area contributed by atoms with Crippen molar-refractivity contribution in [2.75, 3.05) is 39.3 Å². The van der Waals surface area contributed by atoms with Gasteiger partial charge < -0.3 is 5.32 Å². The molecule has 130 valence electrons. The van der Waals surface area contributed by atoms with Crippen molar-refractivity contribution in [1.82, 2.24) is 15.1 Å². The maximum absolute atomic E-state index is 13.0. The Hall–Kier alpha value is -2.17. The Morgan fingerprint density at radius 1 is 0.920 bits per heavy atom. The van der Waals surface area contributed by atoms with Gasteiger partial charge in [-0.2, -0.15) is 0 Å². The molecule has 3 aliphatic rings. The van der Waals surface area contributed by atoms with E-state index in [9.17, 15) is 4.79 Å². The lowest BCUT2D eigenvalue weighted by Gasteiger charge is -2.47. The summed E-state index contributed by atoms with van der Waals surface area (Å²) in [5, 5.41) is 3.23. The van der Waals surface area contributed by atoms with E-state index in [2.05, 4.69) is 15.1 Å². The molecule has 1 amide bonds. The van der Waals surface area contributed by atoms with E-state index >= 15 is 0 Å². The monoisotopic (exact) mass is 335 g/mol. The molecule has 0 radical (unpaired) electrons. The van der Waals surface area contributed by atoms with Gasteiger partial charge in [-0.1, -0.05) is 60.7 Å². The number of fused-ring (bicyclic) bond motifs is 3. The van der Waals surface area contributed by atoms with Gasteiger partial charge in [0, 0.05) is 45.3 Å². The zero-order valence-electron chi connectivity index (χ0n) is 14.5. The molecule has 25 heavy (non-hydrogen) atoms. The van der Waals surface area contributed by atoms with Crippen molar-refractivity contribution in [3.8, 4) is 0 Å². The van der Waals surface area contributed by atoms with E-state index in [1.54, 1.807) is 0 Å². The van der Waals surface area contributed by atoms with Crippen LogP contribution in [-0.4, -0.2) is 61.0 Å². The Balaban J connectivity index is 1.48. The van der Waals surface area contributed by atoms with Crippen molar-refractivity contribution < 1.29 is 4.79 Å². The van der Waals surface area contributed by atoms with Gasteiger partial charge in [-0.3, -0.25) is 14.6 Å². The van der Waals surface area contributed by atoms with Gasteiger partial charge in [0.05, 0.1) is 5.92 Å². The van der Waals surface area contributed by atoms with Gasteiger partial charge in [0.1, 0.15) is 0 Å². The summed E-state index contributed by atoms with van der Waals surface area (Å²) in [6, 6.07) is 20.6. The molecule has 0 saturated carbocycles. The fourth-order valence-corrected chi connectivity index (χ4v) is 4.02. The highest BCUT2D eigenvalue weighted by molar-refractivity contribution is 5.87. The molecule has 3 heterocycles. The topological polar surface area (TPSA) is 35.6 Å². The Labute approximate surface area is 149 Å². The van der Waals surface area contributed by atoms with Crippen LogP contribution in [0.3, 0.4) is 0 Å². The first kappa shape index (κ1) is 16.3. The minimum Gasteiger partial charge on any atom is -0.354 e. The second-order valence-corrected chi connectivity index (χ2v) is 6.99. The van der Waals surface area contributed by atoms with Crippen LogP contribution < -0.4 is 5.32 Å². The number of nitrogens with zero attached hydrogens (tertiary/aromatic N) is 2. The summed E-state index contributed by atoms with van der Waals surface area (Å²) in [6.07, 6.45) is 0. The third-order valence-electron chi connectivity index (χ3n) is 5.43. The SMILES string of the molecule is O=C(NCC1CN2CCN1CC2)C(c1ccccc1)c1ccccc1. The quantitative estimate of drug-likeness (QED) is 0.907. The van der Waals surface area contributed by atoms with Gasteiger partial charge in [-0.15, -0.1) is 0 Å². The molecule has 4 heteroatoms. The molecule has 1 atom stereocenters. The number of carbonyl (C=O) groups excluding carboxylic acids is 1. The largest absolute Gasteiger partial charge is 0.354 e. The van der Waals surface area contributed by atoms with Crippen molar-refractivity contribution in [3.05, 3.63) is 71.8 Å². The van der Waals surface area contributed by atoms with Crippen molar-refractivity contribution in [3.63, 3.8) is 0 Å². The number of rotatable bonds is 5. The van der Waals surface area contributed by atoms with E-state index in [-0.39, 0.29) is 11.8 Å². The summed E-state index contributed by atoms with van der Waals surface area (Å²) in [5.74, 6) is -0.159. The first-order valence-corrected chi connectivity index (χ1v) is 9.15. The van der Waals surface area contributed by atoms with Crippen LogP contribution in [0.5, 0.6) is 0 Å². The summed E-state index contributed by atoms with van der Waals surface area (Å²) in [4.78, 5) is 18.1. The molecule has 2 bridgehead atoms. The number of hydrogen-bond donors (Lipinski definition) is 1. The van der Waals surface area contributed by atoms with Crippen LogP contribution in [0.1, 0.15) is 17.0 Å². The molecular weight excluding hydrogens is 310 g/mol. The predicted molar refractivity (Wildman–Crippen MR) is 99.5 cm³/mol. The van der Waals surface area contributed by atoms with Crippen molar-refractivity contribution >= 4 is 5.91 Å². The van der Waals surface area contributed by atoms with Crippen LogP contribution in [-0.2, 0) is 4.79 Å². The van der Waals surface area contributed by atoms with Crippen LogP contribution in [0, 0.1) is 0 Å². The Bertz CT molecular complexity index is 656. The zero-order valence-corrected chi connectivity index (χ0v) is 14.5. The maximum atomic E-state index is 13.0. The fraction of sp³-hybridized carbons (Fsp3) is 0.381. The van der Waals surface area contributed by atoms with Gasteiger partial charge in [-0.25, -0.2) is 0 Å². The third-order valence-corrected chi connectivity index (χ3v) is 5.43. The lowest BCUT2D eigenvalue weighted by Crippen LogP contribution is -2.63. The molecule has 1 unspecified atom stereocenters. The standard InChI is InChI=1S/C21H25N3O/c25-21(22-15-19-16-23-11-13-24(19)14-12-23)20(17-7-3-1-4-8-17)18-9-5-2-6-10-18/h1-10,19-20H,11-16H2,(H,22,25). The van der Waals surface area contributed by atoms with E-state index in [1.807, 2.05) is 60.7 Å². The number of benzene rings is 2. The molecule has 3 aliphatic heterocycles. The molecule has 3 fully saturated rings. The van der Waals surface area contributed by atoms with E-state index in [4.69, 9.17) is 0 Å².